The summed E-state index contributed by atoms with van der Waals surface area (Å²) in [6, 6.07) is 0. The van der Waals surface area contributed by atoms with Crippen molar-refractivity contribution in [2.24, 2.45) is 11.7 Å². The molecule has 1 fully saturated rings. The monoisotopic (exact) mass is 244 g/mol. The van der Waals surface area contributed by atoms with Gasteiger partial charge >= 0.3 is 0 Å². The zero-order chi connectivity index (χ0) is 12.4. The number of rotatable bonds is 4. The molecule has 94 valence electrons. The molecule has 0 aromatic carbocycles. The second kappa shape index (κ2) is 4.96. The minimum absolute atomic E-state index is 0.150. The minimum Gasteiger partial charge on any atom is -0.348 e. The maximum absolute atomic E-state index is 12.3. The normalized spacial score (nSPS) is 29.1. The molecule has 1 amide bonds. The van der Waals surface area contributed by atoms with Gasteiger partial charge in [0.1, 0.15) is 0 Å². The average Bonchev–Trinajstić information content (AvgIpc) is 2.66. The number of nitrogens with one attached hydrogen (secondary N) is 1. The molecule has 1 aliphatic rings. The van der Waals surface area contributed by atoms with Crippen molar-refractivity contribution in [3.8, 4) is 0 Å². The van der Waals surface area contributed by atoms with Gasteiger partial charge in [0.2, 0.25) is 5.91 Å². The van der Waals surface area contributed by atoms with Crippen LogP contribution in [-0.2, 0) is 4.79 Å². The number of carbonyl (C=O) groups is 1. The molecule has 1 aliphatic heterocycles. The van der Waals surface area contributed by atoms with Gasteiger partial charge in [0.25, 0.3) is 0 Å². The van der Waals surface area contributed by atoms with E-state index in [1.807, 2.05) is 13.8 Å². The molecule has 0 saturated carbocycles. The molecule has 2 unspecified atom stereocenters. The van der Waals surface area contributed by atoms with Crippen molar-refractivity contribution in [3.05, 3.63) is 0 Å². The van der Waals surface area contributed by atoms with Gasteiger partial charge in [0.15, 0.2) is 0 Å². The van der Waals surface area contributed by atoms with Gasteiger partial charge in [-0.3, -0.25) is 4.79 Å². The summed E-state index contributed by atoms with van der Waals surface area (Å²) in [5.74, 6) is 1.58. The summed E-state index contributed by atoms with van der Waals surface area (Å²) < 4.78 is -0.245. The molecular formula is C12H24N2OS. The van der Waals surface area contributed by atoms with E-state index < -0.39 is 0 Å². The SMILES string of the molecule is CC(C)C(C)(CN)NC(=O)C1(C)CCCS1. The Balaban J connectivity index is 2.69. The summed E-state index contributed by atoms with van der Waals surface area (Å²) in [7, 11) is 0. The number of amides is 1. The Morgan fingerprint density at radius 3 is 2.62 bits per heavy atom. The first kappa shape index (κ1) is 13.8. The molecule has 3 N–H and O–H groups in total. The highest BCUT2D eigenvalue weighted by Gasteiger charge is 2.40. The first-order chi connectivity index (χ1) is 7.34. The van der Waals surface area contributed by atoms with Gasteiger partial charge in [-0.1, -0.05) is 13.8 Å². The highest BCUT2D eigenvalue weighted by molar-refractivity contribution is 8.01. The van der Waals surface area contributed by atoms with Crippen LogP contribution in [-0.4, -0.2) is 28.5 Å². The van der Waals surface area contributed by atoms with Crippen LogP contribution >= 0.6 is 11.8 Å². The molecular weight excluding hydrogens is 220 g/mol. The molecule has 0 radical (unpaired) electrons. The van der Waals surface area contributed by atoms with Crippen molar-refractivity contribution in [1.82, 2.24) is 5.32 Å². The van der Waals surface area contributed by atoms with Crippen molar-refractivity contribution in [2.75, 3.05) is 12.3 Å². The predicted octanol–water partition coefficient (Wildman–Crippen LogP) is 1.76. The number of hydrogen-bond acceptors (Lipinski definition) is 3. The van der Waals surface area contributed by atoms with Crippen LogP contribution in [0.5, 0.6) is 0 Å². The Kier molecular flexibility index (Phi) is 4.29. The van der Waals surface area contributed by atoms with Crippen LogP contribution < -0.4 is 11.1 Å². The zero-order valence-corrected chi connectivity index (χ0v) is 11.6. The van der Waals surface area contributed by atoms with Crippen molar-refractivity contribution in [3.63, 3.8) is 0 Å². The van der Waals surface area contributed by atoms with Gasteiger partial charge < -0.3 is 11.1 Å². The Morgan fingerprint density at radius 2 is 2.25 bits per heavy atom. The summed E-state index contributed by atoms with van der Waals surface area (Å²) >= 11 is 1.76. The number of nitrogens with two attached hydrogens (primary N) is 1. The Morgan fingerprint density at radius 1 is 1.62 bits per heavy atom. The van der Waals surface area contributed by atoms with Crippen LogP contribution in [0, 0.1) is 5.92 Å². The zero-order valence-electron chi connectivity index (χ0n) is 10.8. The molecule has 0 aromatic heterocycles. The number of hydrogen-bond donors (Lipinski definition) is 2. The smallest absolute Gasteiger partial charge is 0.236 e. The maximum Gasteiger partial charge on any atom is 0.236 e. The second-order valence-electron chi connectivity index (χ2n) is 5.41. The molecule has 0 aliphatic carbocycles. The number of carbonyl (C=O) groups excluding carboxylic acids is 1. The van der Waals surface area contributed by atoms with Crippen molar-refractivity contribution in [1.29, 1.82) is 0 Å². The van der Waals surface area contributed by atoms with Crippen molar-refractivity contribution in [2.45, 2.75) is 50.8 Å². The van der Waals surface area contributed by atoms with Crippen LogP contribution in [0.25, 0.3) is 0 Å². The third-order valence-corrected chi connectivity index (χ3v) is 5.32. The highest BCUT2D eigenvalue weighted by Crippen LogP contribution is 2.38. The van der Waals surface area contributed by atoms with E-state index in [0.717, 1.165) is 18.6 Å². The summed E-state index contributed by atoms with van der Waals surface area (Å²) in [6.45, 7) is 8.74. The first-order valence-electron chi connectivity index (χ1n) is 6.01. The molecule has 1 rings (SSSR count). The van der Waals surface area contributed by atoms with E-state index in [9.17, 15) is 4.79 Å². The lowest BCUT2D eigenvalue weighted by Gasteiger charge is -2.36. The molecule has 0 bridgehead atoms. The number of thioether (sulfide) groups is 1. The van der Waals surface area contributed by atoms with Crippen molar-refractivity contribution >= 4 is 17.7 Å². The van der Waals surface area contributed by atoms with Crippen molar-refractivity contribution < 1.29 is 4.79 Å². The fraction of sp³-hybridized carbons (Fsp3) is 0.917. The molecule has 2 atom stereocenters. The Labute approximate surface area is 103 Å². The minimum atomic E-state index is -0.288. The van der Waals surface area contributed by atoms with Gasteiger partial charge in [-0.15, -0.1) is 11.8 Å². The van der Waals surface area contributed by atoms with E-state index in [1.165, 1.54) is 0 Å². The lowest BCUT2D eigenvalue weighted by atomic mass is 9.87. The molecule has 1 heterocycles. The molecule has 0 aromatic rings. The Hall–Kier alpha value is -0.220. The topological polar surface area (TPSA) is 55.1 Å². The first-order valence-corrected chi connectivity index (χ1v) is 6.99. The van der Waals surface area contributed by atoms with Gasteiger partial charge in [-0.05, 0) is 38.4 Å². The van der Waals surface area contributed by atoms with E-state index in [2.05, 4.69) is 19.2 Å². The van der Waals surface area contributed by atoms with Crippen LogP contribution in [0.2, 0.25) is 0 Å². The van der Waals surface area contributed by atoms with Crippen LogP contribution in [0.3, 0.4) is 0 Å². The van der Waals surface area contributed by atoms with Crippen LogP contribution in [0.15, 0.2) is 0 Å². The fourth-order valence-electron chi connectivity index (χ4n) is 1.78. The molecule has 1 saturated heterocycles. The summed E-state index contributed by atoms with van der Waals surface area (Å²) in [4.78, 5) is 12.3. The lowest BCUT2D eigenvalue weighted by molar-refractivity contribution is -0.125. The standard InChI is InChI=1S/C12H24N2OS/c1-9(2)11(3,8-13)14-10(15)12(4)6-5-7-16-12/h9H,5-8,13H2,1-4H3,(H,14,15). The largest absolute Gasteiger partial charge is 0.348 e. The molecule has 3 nitrogen and oxygen atoms in total. The molecule has 16 heavy (non-hydrogen) atoms. The third kappa shape index (κ3) is 2.72. The summed E-state index contributed by atoms with van der Waals surface area (Å²) in [6.07, 6.45) is 2.11. The second-order valence-corrected chi connectivity index (χ2v) is 7.01. The van der Waals surface area contributed by atoms with E-state index in [0.29, 0.717) is 12.5 Å². The Bertz CT molecular complexity index is 262. The van der Waals surface area contributed by atoms with E-state index in [-0.39, 0.29) is 16.2 Å². The molecule has 0 spiro atoms. The van der Waals surface area contributed by atoms with Gasteiger partial charge in [0, 0.05) is 6.54 Å². The highest BCUT2D eigenvalue weighted by atomic mass is 32.2. The predicted molar refractivity (Wildman–Crippen MR) is 70.5 cm³/mol. The van der Waals surface area contributed by atoms with Gasteiger partial charge in [0.05, 0.1) is 10.3 Å². The fourth-order valence-corrected chi connectivity index (χ4v) is 2.99. The van der Waals surface area contributed by atoms with Gasteiger partial charge in [-0.2, -0.15) is 0 Å². The van der Waals surface area contributed by atoms with E-state index in [4.69, 9.17) is 5.73 Å². The average molecular weight is 244 g/mol. The maximum atomic E-state index is 12.3. The van der Waals surface area contributed by atoms with Gasteiger partial charge in [-0.25, -0.2) is 0 Å². The molecule has 4 heteroatoms. The summed E-state index contributed by atoms with van der Waals surface area (Å²) in [5.41, 5.74) is 5.49. The summed E-state index contributed by atoms with van der Waals surface area (Å²) in [5, 5.41) is 3.14. The van der Waals surface area contributed by atoms with E-state index in [1.54, 1.807) is 11.8 Å². The lowest BCUT2D eigenvalue weighted by Crippen LogP contribution is -2.58. The third-order valence-electron chi connectivity index (χ3n) is 3.80. The van der Waals surface area contributed by atoms with Crippen LogP contribution in [0.4, 0.5) is 0 Å². The van der Waals surface area contributed by atoms with E-state index >= 15 is 0 Å². The quantitative estimate of drug-likeness (QED) is 0.792. The van der Waals surface area contributed by atoms with Crippen LogP contribution in [0.1, 0.15) is 40.5 Å².